The van der Waals surface area contributed by atoms with Crippen LogP contribution < -0.4 is 5.32 Å². The van der Waals surface area contributed by atoms with E-state index in [1.54, 1.807) is 12.1 Å². The van der Waals surface area contributed by atoms with E-state index in [2.05, 4.69) is 33.1 Å². The van der Waals surface area contributed by atoms with Gasteiger partial charge in [-0.25, -0.2) is 4.79 Å². The third kappa shape index (κ3) is 3.94. The number of carbonyl (C=O) groups is 1. The van der Waals surface area contributed by atoms with Gasteiger partial charge in [0.25, 0.3) is 0 Å². The summed E-state index contributed by atoms with van der Waals surface area (Å²) in [6.07, 6.45) is 2.32. The molecular weight excluding hydrogens is 308 g/mol. The number of nitrogens with zero attached hydrogens (tertiary/aromatic N) is 1. The summed E-state index contributed by atoms with van der Waals surface area (Å²) in [5, 5.41) is 12.5. The van der Waals surface area contributed by atoms with Crippen molar-refractivity contribution in [2.45, 2.75) is 25.8 Å². The molecule has 1 atom stereocenters. The fraction of sp³-hybridized carbons (Fsp3) is 0.500. The highest BCUT2D eigenvalue weighted by Gasteiger charge is 2.18. The molecule has 2 rings (SSSR count). The van der Waals surface area contributed by atoms with Gasteiger partial charge in [0.2, 0.25) is 0 Å². The Kier molecular flexibility index (Phi) is 4.82. The Morgan fingerprint density at radius 1 is 1.53 bits per heavy atom. The third-order valence-corrected chi connectivity index (χ3v) is 3.93. The summed E-state index contributed by atoms with van der Waals surface area (Å²) in [5.41, 5.74) is 1.18. The van der Waals surface area contributed by atoms with E-state index in [0.29, 0.717) is 11.6 Å². The highest BCUT2D eigenvalue weighted by Crippen LogP contribution is 2.22. The molecule has 1 aliphatic rings. The van der Waals surface area contributed by atoms with Gasteiger partial charge in [0.05, 0.1) is 5.56 Å². The predicted octanol–water partition coefficient (Wildman–Crippen LogP) is 3.04. The highest BCUT2D eigenvalue weighted by atomic mass is 79.9. The number of benzene rings is 1. The normalized spacial score (nSPS) is 20.2. The quantitative estimate of drug-likeness (QED) is 0.892. The second kappa shape index (κ2) is 6.39. The van der Waals surface area contributed by atoms with Gasteiger partial charge in [-0.15, -0.1) is 0 Å². The molecule has 5 heteroatoms. The van der Waals surface area contributed by atoms with Crippen LogP contribution in [0.15, 0.2) is 22.7 Å². The number of likely N-dealkylation sites (tertiary alicyclic amines) is 1. The van der Waals surface area contributed by atoms with Crippen molar-refractivity contribution in [2.75, 3.05) is 25.0 Å². The van der Waals surface area contributed by atoms with Gasteiger partial charge < -0.3 is 15.3 Å². The molecule has 1 fully saturated rings. The summed E-state index contributed by atoms with van der Waals surface area (Å²) in [6.45, 7) is 5.42. The molecule has 1 unspecified atom stereocenters. The van der Waals surface area contributed by atoms with Crippen molar-refractivity contribution in [3.63, 3.8) is 0 Å². The summed E-state index contributed by atoms with van der Waals surface area (Å²) in [4.78, 5) is 13.5. The number of likely N-dealkylation sites (N-methyl/N-ethyl adjacent to an activating group) is 1. The minimum atomic E-state index is -0.900. The highest BCUT2D eigenvalue weighted by molar-refractivity contribution is 9.10. The number of hydrogen-bond acceptors (Lipinski definition) is 3. The van der Waals surface area contributed by atoms with Crippen LogP contribution >= 0.6 is 15.9 Å². The molecule has 0 aliphatic carbocycles. The zero-order chi connectivity index (χ0) is 13.8. The van der Waals surface area contributed by atoms with Crippen molar-refractivity contribution in [2.24, 2.45) is 0 Å². The van der Waals surface area contributed by atoms with Gasteiger partial charge in [-0.3, -0.25) is 0 Å². The molecule has 104 valence electrons. The van der Waals surface area contributed by atoms with E-state index in [4.69, 9.17) is 5.11 Å². The Morgan fingerprint density at radius 2 is 2.32 bits per heavy atom. The van der Waals surface area contributed by atoms with Crippen molar-refractivity contribution >= 4 is 27.6 Å². The monoisotopic (exact) mass is 326 g/mol. The van der Waals surface area contributed by atoms with Crippen molar-refractivity contribution in [3.8, 4) is 0 Å². The molecule has 1 heterocycles. The number of rotatable bonds is 4. The summed E-state index contributed by atoms with van der Waals surface area (Å²) in [5.74, 6) is -0.900. The van der Waals surface area contributed by atoms with Gasteiger partial charge in [0.15, 0.2) is 0 Å². The molecule has 0 bridgehead atoms. The van der Waals surface area contributed by atoms with Crippen LogP contribution in [0.2, 0.25) is 0 Å². The van der Waals surface area contributed by atoms with Crippen LogP contribution in [0.4, 0.5) is 5.69 Å². The molecule has 19 heavy (non-hydrogen) atoms. The molecule has 4 nitrogen and oxygen atoms in total. The van der Waals surface area contributed by atoms with Crippen molar-refractivity contribution < 1.29 is 9.90 Å². The number of carboxylic acids is 1. The maximum absolute atomic E-state index is 11.0. The average Bonchev–Trinajstić information content (AvgIpc) is 2.38. The first-order valence-electron chi connectivity index (χ1n) is 6.61. The Hall–Kier alpha value is -1.07. The standard InChI is InChI=1S/C14H19BrN2O2/c1-2-17-5-3-4-12(9-17)16-13-7-10(14(18)19)6-11(15)8-13/h6-8,12,16H,2-5,9H2,1H3,(H,18,19). The van der Waals surface area contributed by atoms with Gasteiger partial charge in [-0.05, 0) is 44.1 Å². The Balaban J connectivity index is 2.08. The van der Waals surface area contributed by atoms with Crippen LogP contribution in [0.25, 0.3) is 0 Å². The van der Waals surface area contributed by atoms with Crippen molar-refractivity contribution in [1.82, 2.24) is 4.90 Å². The maximum atomic E-state index is 11.0. The lowest BCUT2D eigenvalue weighted by atomic mass is 10.1. The molecule has 2 N–H and O–H groups in total. The van der Waals surface area contributed by atoms with E-state index in [0.717, 1.165) is 36.2 Å². The topological polar surface area (TPSA) is 52.6 Å². The lowest BCUT2D eigenvalue weighted by molar-refractivity contribution is 0.0697. The van der Waals surface area contributed by atoms with Gasteiger partial charge >= 0.3 is 5.97 Å². The Morgan fingerprint density at radius 3 is 3.00 bits per heavy atom. The predicted molar refractivity (Wildman–Crippen MR) is 79.9 cm³/mol. The van der Waals surface area contributed by atoms with Crippen LogP contribution in [0, 0.1) is 0 Å². The van der Waals surface area contributed by atoms with E-state index in [9.17, 15) is 4.79 Å². The number of halogens is 1. The fourth-order valence-corrected chi connectivity index (χ4v) is 2.99. The van der Waals surface area contributed by atoms with E-state index >= 15 is 0 Å². The van der Waals surface area contributed by atoms with E-state index in [-0.39, 0.29) is 0 Å². The molecule has 1 aromatic carbocycles. The minimum absolute atomic E-state index is 0.306. The first-order valence-corrected chi connectivity index (χ1v) is 7.40. The van der Waals surface area contributed by atoms with Crippen LogP contribution in [0.3, 0.4) is 0 Å². The molecule has 0 saturated carbocycles. The maximum Gasteiger partial charge on any atom is 0.335 e. The Bertz CT molecular complexity index is 465. The number of piperidine rings is 1. The van der Waals surface area contributed by atoms with Crippen LogP contribution in [0.5, 0.6) is 0 Å². The second-order valence-electron chi connectivity index (χ2n) is 4.91. The molecule has 0 aromatic heterocycles. The molecule has 1 aromatic rings. The zero-order valence-corrected chi connectivity index (χ0v) is 12.6. The lowest BCUT2D eigenvalue weighted by Crippen LogP contribution is -2.41. The summed E-state index contributed by atoms with van der Waals surface area (Å²) >= 11 is 3.36. The fourth-order valence-electron chi connectivity index (χ4n) is 2.49. The second-order valence-corrected chi connectivity index (χ2v) is 5.83. The van der Waals surface area contributed by atoms with Gasteiger partial charge in [0, 0.05) is 22.7 Å². The van der Waals surface area contributed by atoms with Gasteiger partial charge in [0.1, 0.15) is 0 Å². The third-order valence-electron chi connectivity index (χ3n) is 3.47. The molecule has 1 saturated heterocycles. The largest absolute Gasteiger partial charge is 0.478 e. The number of nitrogens with one attached hydrogen (secondary N) is 1. The minimum Gasteiger partial charge on any atom is -0.478 e. The first kappa shape index (κ1) is 14.3. The first-order chi connectivity index (χ1) is 9.08. The Labute approximate surface area is 121 Å². The summed E-state index contributed by atoms with van der Waals surface area (Å²) < 4.78 is 0.790. The average molecular weight is 327 g/mol. The van der Waals surface area contributed by atoms with Crippen LogP contribution in [-0.4, -0.2) is 41.7 Å². The smallest absolute Gasteiger partial charge is 0.335 e. The van der Waals surface area contributed by atoms with E-state index in [1.807, 2.05) is 6.07 Å². The van der Waals surface area contributed by atoms with Crippen LogP contribution in [-0.2, 0) is 0 Å². The van der Waals surface area contributed by atoms with E-state index < -0.39 is 5.97 Å². The van der Waals surface area contributed by atoms with E-state index in [1.165, 1.54) is 6.42 Å². The SMILES string of the molecule is CCN1CCCC(Nc2cc(Br)cc(C(=O)O)c2)C1. The molecular formula is C14H19BrN2O2. The number of aromatic carboxylic acids is 1. The number of hydrogen-bond donors (Lipinski definition) is 2. The zero-order valence-electron chi connectivity index (χ0n) is 11.0. The summed E-state index contributed by atoms with van der Waals surface area (Å²) in [7, 11) is 0. The molecule has 1 aliphatic heterocycles. The lowest BCUT2D eigenvalue weighted by Gasteiger charge is -2.32. The molecule has 0 radical (unpaired) electrons. The number of carboxylic acid groups (broad SMARTS) is 1. The van der Waals surface area contributed by atoms with Gasteiger partial charge in [-0.1, -0.05) is 22.9 Å². The van der Waals surface area contributed by atoms with Crippen molar-refractivity contribution in [1.29, 1.82) is 0 Å². The number of anilines is 1. The molecule has 0 spiro atoms. The van der Waals surface area contributed by atoms with Crippen molar-refractivity contribution in [3.05, 3.63) is 28.2 Å². The van der Waals surface area contributed by atoms with Gasteiger partial charge in [-0.2, -0.15) is 0 Å². The molecule has 0 amide bonds. The van der Waals surface area contributed by atoms with Crippen LogP contribution in [0.1, 0.15) is 30.1 Å². The summed E-state index contributed by atoms with van der Waals surface area (Å²) in [6, 6.07) is 5.63.